The summed E-state index contributed by atoms with van der Waals surface area (Å²) in [6.45, 7) is 2.00. The van der Waals surface area contributed by atoms with Gasteiger partial charge in [-0.1, -0.05) is 34.8 Å². The third-order valence-corrected chi connectivity index (χ3v) is 6.17. The Hall–Kier alpha value is -2.22. The molecule has 2 fully saturated rings. The third-order valence-electron chi connectivity index (χ3n) is 5.55. The molecule has 3 amide bonds. The number of nitrogens with zero attached hydrogens (tertiary/aromatic N) is 3. The van der Waals surface area contributed by atoms with E-state index in [9.17, 15) is 31.9 Å². The van der Waals surface area contributed by atoms with Crippen LogP contribution >= 0.6 is 34.8 Å². The standard InChI is InChI=1S/C20H22Cl3F4N5O4/c1-11(33)28-9-13-10-32(18(35)36-13)12-2-3-15(14(24)8-12)30-4-6-31(7-5-30)16(19(21,22)23)29-17(34)20(25,26)27/h2-3,8,13,16H,4-7,9-10H2,1H3,(H,28,33)(H,29,34)/t13-,16?/m0/s1. The molecule has 16 heteroatoms. The molecule has 1 aromatic carbocycles. The van der Waals surface area contributed by atoms with Gasteiger partial charge in [0.2, 0.25) is 9.70 Å². The number of halogens is 7. The van der Waals surface area contributed by atoms with E-state index in [1.807, 2.05) is 0 Å². The molecule has 0 aliphatic carbocycles. The van der Waals surface area contributed by atoms with Crippen LogP contribution in [0.5, 0.6) is 0 Å². The van der Waals surface area contributed by atoms with Crippen LogP contribution < -0.4 is 20.4 Å². The summed E-state index contributed by atoms with van der Waals surface area (Å²) in [6, 6.07) is 4.16. The maximum absolute atomic E-state index is 15.0. The molecule has 0 aromatic heterocycles. The van der Waals surface area contributed by atoms with Crippen LogP contribution in [0.25, 0.3) is 0 Å². The van der Waals surface area contributed by atoms with Gasteiger partial charge >= 0.3 is 18.2 Å². The molecule has 2 aliphatic heterocycles. The van der Waals surface area contributed by atoms with Gasteiger partial charge in [0, 0.05) is 33.1 Å². The average Bonchev–Trinajstić information content (AvgIpc) is 3.15. The lowest BCUT2D eigenvalue weighted by Crippen LogP contribution is -2.62. The molecule has 2 saturated heterocycles. The number of anilines is 2. The Bertz CT molecular complexity index is 1000. The maximum atomic E-state index is 15.0. The summed E-state index contributed by atoms with van der Waals surface area (Å²) in [7, 11) is 0. The van der Waals surface area contributed by atoms with E-state index < -0.39 is 40.1 Å². The molecule has 2 N–H and O–H groups in total. The van der Waals surface area contributed by atoms with Crippen molar-refractivity contribution in [3.8, 4) is 0 Å². The predicted octanol–water partition coefficient (Wildman–Crippen LogP) is 2.78. The van der Waals surface area contributed by atoms with Crippen molar-refractivity contribution in [1.29, 1.82) is 0 Å². The topological polar surface area (TPSA) is 94.2 Å². The van der Waals surface area contributed by atoms with Crippen LogP contribution in [0, 0.1) is 5.82 Å². The van der Waals surface area contributed by atoms with Crippen LogP contribution in [0.3, 0.4) is 0 Å². The van der Waals surface area contributed by atoms with Crippen molar-refractivity contribution < 1.29 is 36.7 Å². The predicted molar refractivity (Wildman–Crippen MR) is 125 cm³/mol. The molecule has 0 saturated carbocycles. The first-order chi connectivity index (χ1) is 16.7. The molecule has 0 spiro atoms. The number of carbonyl (C=O) groups excluding carboxylic acids is 3. The van der Waals surface area contributed by atoms with E-state index in [2.05, 4.69) is 5.32 Å². The Morgan fingerprint density at radius 1 is 1.17 bits per heavy atom. The lowest BCUT2D eigenvalue weighted by atomic mass is 10.2. The number of benzene rings is 1. The first-order valence-corrected chi connectivity index (χ1v) is 11.8. The van der Waals surface area contributed by atoms with E-state index in [0.29, 0.717) is 0 Å². The van der Waals surface area contributed by atoms with Gasteiger partial charge in [-0.05, 0) is 18.2 Å². The second kappa shape index (κ2) is 11.0. The van der Waals surface area contributed by atoms with E-state index in [4.69, 9.17) is 39.5 Å². The normalized spacial score (nSPS) is 20.2. The molecule has 0 radical (unpaired) electrons. The minimum Gasteiger partial charge on any atom is -0.442 e. The molecule has 1 aromatic rings. The Kier molecular flexibility index (Phi) is 8.69. The molecule has 200 valence electrons. The monoisotopic (exact) mass is 577 g/mol. The van der Waals surface area contributed by atoms with E-state index in [1.165, 1.54) is 28.9 Å². The molecular weight excluding hydrogens is 557 g/mol. The molecule has 9 nitrogen and oxygen atoms in total. The van der Waals surface area contributed by atoms with Crippen molar-refractivity contribution in [2.24, 2.45) is 0 Å². The minimum atomic E-state index is -5.16. The fourth-order valence-corrected chi connectivity index (χ4v) is 4.40. The van der Waals surface area contributed by atoms with Crippen molar-refractivity contribution in [3.05, 3.63) is 24.0 Å². The molecule has 3 rings (SSSR count). The minimum absolute atomic E-state index is 0.0567. The van der Waals surface area contributed by atoms with Crippen LogP contribution in [0.15, 0.2) is 18.2 Å². The summed E-state index contributed by atoms with van der Waals surface area (Å²) in [4.78, 5) is 38.8. The SMILES string of the molecule is CC(=O)NC[C@H]1CN(c2ccc(N3CCN(C(NC(=O)C(F)(F)F)C(Cl)(Cl)Cl)CC3)c(F)c2)C(=O)O1. The summed E-state index contributed by atoms with van der Waals surface area (Å²) < 4.78 is 56.0. The Morgan fingerprint density at radius 2 is 1.81 bits per heavy atom. The van der Waals surface area contributed by atoms with Crippen LogP contribution in [-0.4, -0.2) is 84.3 Å². The molecular formula is C20H22Cl3F4N5O4. The zero-order valence-corrected chi connectivity index (χ0v) is 21.0. The summed E-state index contributed by atoms with van der Waals surface area (Å²) in [6.07, 6.45) is -7.98. The lowest BCUT2D eigenvalue weighted by molar-refractivity contribution is -0.175. The van der Waals surface area contributed by atoms with Crippen molar-refractivity contribution in [1.82, 2.24) is 15.5 Å². The maximum Gasteiger partial charge on any atom is 0.471 e. The molecule has 1 unspecified atom stereocenters. The van der Waals surface area contributed by atoms with Gasteiger partial charge in [-0.15, -0.1) is 0 Å². The molecule has 36 heavy (non-hydrogen) atoms. The van der Waals surface area contributed by atoms with Gasteiger partial charge in [-0.3, -0.25) is 19.4 Å². The number of carbonyl (C=O) groups is 3. The van der Waals surface area contributed by atoms with Gasteiger partial charge in [-0.25, -0.2) is 9.18 Å². The number of amides is 3. The van der Waals surface area contributed by atoms with E-state index >= 15 is 0 Å². The summed E-state index contributed by atoms with van der Waals surface area (Å²) in [5.74, 6) is -3.16. The van der Waals surface area contributed by atoms with E-state index in [-0.39, 0.29) is 56.6 Å². The van der Waals surface area contributed by atoms with E-state index in [1.54, 1.807) is 10.2 Å². The zero-order valence-electron chi connectivity index (χ0n) is 18.7. The highest BCUT2D eigenvalue weighted by atomic mass is 35.6. The van der Waals surface area contributed by atoms with Gasteiger partial charge in [0.1, 0.15) is 18.1 Å². The number of hydrogen-bond acceptors (Lipinski definition) is 6. The van der Waals surface area contributed by atoms with Crippen LogP contribution in [0.2, 0.25) is 0 Å². The molecule has 0 bridgehead atoms. The molecule has 2 heterocycles. The van der Waals surface area contributed by atoms with Gasteiger partial charge in [0.15, 0.2) is 0 Å². The van der Waals surface area contributed by atoms with E-state index in [0.717, 1.165) is 6.07 Å². The fourth-order valence-electron chi connectivity index (χ4n) is 3.82. The quantitative estimate of drug-likeness (QED) is 0.398. The number of hydrogen-bond donors (Lipinski definition) is 2. The highest BCUT2D eigenvalue weighted by molar-refractivity contribution is 6.68. The van der Waals surface area contributed by atoms with Crippen molar-refractivity contribution in [2.45, 2.75) is 29.2 Å². The second-order valence-electron chi connectivity index (χ2n) is 8.13. The number of ether oxygens (including phenoxy) is 1. The summed E-state index contributed by atoms with van der Waals surface area (Å²) in [5, 5.41) is 4.25. The van der Waals surface area contributed by atoms with Crippen LogP contribution in [-0.2, 0) is 14.3 Å². The number of alkyl halides is 6. The molecule has 2 atom stereocenters. The number of piperazine rings is 1. The first kappa shape index (κ1) is 28.4. The van der Waals surface area contributed by atoms with Gasteiger partial charge < -0.3 is 20.3 Å². The summed E-state index contributed by atoms with van der Waals surface area (Å²) in [5.41, 5.74) is 0.460. The average molecular weight is 579 g/mol. The zero-order chi connectivity index (χ0) is 26.8. The Morgan fingerprint density at radius 3 is 2.33 bits per heavy atom. The largest absolute Gasteiger partial charge is 0.471 e. The second-order valence-corrected chi connectivity index (χ2v) is 10.5. The van der Waals surface area contributed by atoms with Crippen molar-refractivity contribution in [3.63, 3.8) is 0 Å². The van der Waals surface area contributed by atoms with Gasteiger partial charge in [0.05, 0.1) is 24.5 Å². The van der Waals surface area contributed by atoms with Crippen LogP contribution in [0.4, 0.5) is 33.7 Å². The number of rotatable bonds is 6. The highest BCUT2D eigenvalue weighted by Gasteiger charge is 2.46. The first-order valence-electron chi connectivity index (χ1n) is 10.6. The smallest absolute Gasteiger partial charge is 0.442 e. The van der Waals surface area contributed by atoms with Crippen LogP contribution in [0.1, 0.15) is 6.92 Å². The van der Waals surface area contributed by atoms with Crippen molar-refractivity contribution >= 4 is 64.1 Å². The fraction of sp³-hybridized carbons (Fsp3) is 0.550. The number of cyclic esters (lactones) is 1. The van der Waals surface area contributed by atoms with Crippen molar-refractivity contribution in [2.75, 3.05) is 49.1 Å². The Balaban J connectivity index is 1.64. The number of nitrogens with one attached hydrogen (secondary N) is 2. The summed E-state index contributed by atoms with van der Waals surface area (Å²) >= 11 is 17.4. The van der Waals surface area contributed by atoms with Gasteiger partial charge in [0.25, 0.3) is 0 Å². The van der Waals surface area contributed by atoms with Gasteiger partial charge in [-0.2, -0.15) is 13.2 Å². The highest BCUT2D eigenvalue weighted by Crippen LogP contribution is 2.34. The third kappa shape index (κ3) is 6.96. The lowest BCUT2D eigenvalue weighted by Gasteiger charge is -2.42. The Labute approximate surface area is 218 Å². The molecule has 2 aliphatic rings.